The molecule has 6 nitrogen and oxygen atoms in total. The van der Waals surface area contributed by atoms with Crippen molar-refractivity contribution in [3.05, 3.63) is 0 Å². The first kappa shape index (κ1) is 20.6. The lowest BCUT2D eigenvalue weighted by atomic mass is 9.62. The van der Waals surface area contributed by atoms with Crippen LogP contribution in [0.5, 0.6) is 0 Å². The number of alkyl carbamates (subject to hydrolysis) is 1. The number of carbonyl (C=O) groups is 2. The van der Waals surface area contributed by atoms with Crippen molar-refractivity contribution in [2.75, 3.05) is 13.2 Å². The fraction of sp³-hybridized carbons (Fsp3) is 0.889. The quantitative estimate of drug-likeness (QED) is 0.578. The Morgan fingerprint density at radius 2 is 1.88 bits per heavy atom. The number of carboxylic acid groups (broad SMARTS) is 1. The lowest BCUT2D eigenvalue weighted by molar-refractivity contribution is 0.0662. The van der Waals surface area contributed by atoms with Gasteiger partial charge in [0.25, 0.3) is 0 Å². The standard InChI is InChI=1S/C18H34N2O4/c1-5-6-7-8-9-24-16(23)19-13-18(4)11-14(20-15(21)22)10-17(2,3)12-18/h14,20H,5-13H2,1-4H3,(H,19,23)(H,21,22). The molecule has 0 spiro atoms. The number of ether oxygens (including phenoxy) is 1. The predicted molar refractivity (Wildman–Crippen MR) is 94.2 cm³/mol. The highest BCUT2D eigenvalue weighted by molar-refractivity contribution is 5.67. The van der Waals surface area contributed by atoms with E-state index in [1.807, 2.05) is 0 Å². The number of rotatable bonds is 8. The highest BCUT2D eigenvalue weighted by Gasteiger charge is 2.41. The molecule has 1 aliphatic rings. The average Bonchev–Trinajstić information content (AvgIpc) is 2.42. The zero-order valence-corrected chi connectivity index (χ0v) is 15.6. The highest BCUT2D eigenvalue weighted by Crippen LogP contribution is 2.45. The molecule has 0 aromatic rings. The van der Waals surface area contributed by atoms with Crippen molar-refractivity contribution >= 4 is 12.2 Å². The van der Waals surface area contributed by atoms with Gasteiger partial charge in [0.2, 0.25) is 0 Å². The van der Waals surface area contributed by atoms with E-state index in [9.17, 15) is 9.59 Å². The molecule has 0 radical (unpaired) electrons. The molecule has 3 N–H and O–H groups in total. The van der Waals surface area contributed by atoms with Crippen LogP contribution in [0.25, 0.3) is 0 Å². The van der Waals surface area contributed by atoms with E-state index in [0.717, 1.165) is 44.9 Å². The van der Waals surface area contributed by atoms with Crippen molar-refractivity contribution in [3.63, 3.8) is 0 Å². The van der Waals surface area contributed by atoms with Crippen LogP contribution in [0.2, 0.25) is 0 Å². The fourth-order valence-electron chi connectivity index (χ4n) is 4.08. The third-order valence-electron chi connectivity index (χ3n) is 4.66. The molecule has 6 heteroatoms. The summed E-state index contributed by atoms with van der Waals surface area (Å²) in [4.78, 5) is 22.8. The van der Waals surface area contributed by atoms with E-state index in [0.29, 0.717) is 13.2 Å². The fourth-order valence-corrected chi connectivity index (χ4v) is 4.08. The zero-order valence-electron chi connectivity index (χ0n) is 15.6. The smallest absolute Gasteiger partial charge is 0.407 e. The average molecular weight is 342 g/mol. The second kappa shape index (κ2) is 9.14. The van der Waals surface area contributed by atoms with Crippen LogP contribution in [0.4, 0.5) is 9.59 Å². The van der Waals surface area contributed by atoms with Gasteiger partial charge in [0.1, 0.15) is 0 Å². The predicted octanol–water partition coefficient (Wildman–Crippen LogP) is 4.15. The molecule has 0 aromatic carbocycles. The van der Waals surface area contributed by atoms with Gasteiger partial charge in [-0.15, -0.1) is 0 Å². The molecule has 140 valence electrons. The first-order chi connectivity index (χ1) is 11.2. The van der Waals surface area contributed by atoms with E-state index in [4.69, 9.17) is 9.84 Å². The summed E-state index contributed by atoms with van der Waals surface area (Å²) < 4.78 is 5.21. The van der Waals surface area contributed by atoms with Gasteiger partial charge in [-0.05, 0) is 36.5 Å². The molecule has 1 rings (SSSR count). The van der Waals surface area contributed by atoms with Crippen molar-refractivity contribution in [1.29, 1.82) is 0 Å². The van der Waals surface area contributed by atoms with Crippen molar-refractivity contribution in [3.8, 4) is 0 Å². The molecule has 2 unspecified atom stereocenters. The number of hydrogen-bond donors (Lipinski definition) is 3. The molecule has 2 atom stereocenters. The zero-order chi connectivity index (χ0) is 18.2. The van der Waals surface area contributed by atoms with Gasteiger partial charge in [-0.2, -0.15) is 0 Å². The van der Waals surface area contributed by atoms with E-state index < -0.39 is 6.09 Å². The molecule has 1 fully saturated rings. The number of hydrogen-bond acceptors (Lipinski definition) is 3. The van der Waals surface area contributed by atoms with Gasteiger partial charge in [0, 0.05) is 12.6 Å². The SMILES string of the molecule is CCCCCCOC(=O)NCC1(C)CC(NC(=O)O)CC(C)(C)C1. The summed E-state index contributed by atoms with van der Waals surface area (Å²) in [6.45, 7) is 9.50. The Hall–Kier alpha value is -1.46. The minimum atomic E-state index is -0.987. The van der Waals surface area contributed by atoms with Gasteiger partial charge in [-0.3, -0.25) is 0 Å². The summed E-state index contributed by atoms with van der Waals surface area (Å²) >= 11 is 0. The normalized spacial score (nSPS) is 25.8. The number of carbonyl (C=O) groups excluding carboxylic acids is 1. The summed E-state index contributed by atoms with van der Waals surface area (Å²) in [6, 6.07) is -0.0804. The topological polar surface area (TPSA) is 87.7 Å². The second-order valence-corrected chi connectivity index (χ2v) is 8.26. The maximum absolute atomic E-state index is 11.8. The summed E-state index contributed by atoms with van der Waals surface area (Å²) in [7, 11) is 0. The second-order valence-electron chi connectivity index (χ2n) is 8.26. The lowest BCUT2D eigenvalue weighted by Gasteiger charge is -2.46. The van der Waals surface area contributed by atoms with Gasteiger partial charge < -0.3 is 20.5 Å². The molecular weight excluding hydrogens is 308 g/mol. The Labute approximate surface area is 145 Å². The van der Waals surface area contributed by atoms with Gasteiger partial charge >= 0.3 is 12.2 Å². The Bertz CT molecular complexity index is 425. The van der Waals surface area contributed by atoms with Crippen LogP contribution in [-0.2, 0) is 4.74 Å². The van der Waals surface area contributed by atoms with E-state index in [1.54, 1.807) is 0 Å². The summed E-state index contributed by atoms with van der Waals surface area (Å²) in [5.41, 5.74) is -0.109. The van der Waals surface area contributed by atoms with Crippen molar-refractivity contribution in [2.24, 2.45) is 10.8 Å². The minimum Gasteiger partial charge on any atom is -0.465 e. The maximum atomic E-state index is 11.8. The number of amides is 2. The molecule has 0 saturated heterocycles. The highest BCUT2D eigenvalue weighted by atomic mass is 16.5. The van der Waals surface area contributed by atoms with E-state index >= 15 is 0 Å². The van der Waals surface area contributed by atoms with Crippen LogP contribution in [-0.4, -0.2) is 36.5 Å². The number of nitrogens with one attached hydrogen (secondary N) is 2. The van der Waals surface area contributed by atoms with Gasteiger partial charge in [0.15, 0.2) is 0 Å². The summed E-state index contributed by atoms with van der Waals surface area (Å²) in [5, 5.41) is 14.4. The van der Waals surface area contributed by atoms with Crippen LogP contribution >= 0.6 is 0 Å². The Morgan fingerprint density at radius 1 is 1.17 bits per heavy atom. The Morgan fingerprint density at radius 3 is 2.50 bits per heavy atom. The Kier molecular flexibility index (Phi) is 7.84. The molecule has 0 aromatic heterocycles. The van der Waals surface area contributed by atoms with Crippen molar-refractivity contribution in [2.45, 2.75) is 78.7 Å². The summed E-state index contributed by atoms with van der Waals surface area (Å²) in [5.74, 6) is 0. The largest absolute Gasteiger partial charge is 0.465 e. The van der Waals surface area contributed by atoms with E-state index in [-0.39, 0.29) is 23.0 Å². The monoisotopic (exact) mass is 342 g/mol. The van der Waals surface area contributed by atoms with Gasteiger partial charge in [-0.25, -0.2) is 9.59 Å². The van der Waals surface area contributed by atoms with Gasteiger partial charge in [-0.1, -0.05) is 47.0 Å². The summed E-state index contributed by atoms with van der Waals surface area (Å²) in [6.07, 6.45) is 5.42. The molecule has 2 amide bonds. The first-order valence-electron chi connectivity index (χ1n) is 9.06. The van der Waals surface area contributed by atoms with Crippen LogP contribution < -0.4 is 10.6 Å². The molecule has 1 saturated carbocycles. The van der Waals surface area contributed by atoms with Crippen LogP contribution in [0.15, 0.2) is 0 Å². The minimum absolute atomic E-state index is 0.0336. The van der Waals surface area contributed by atoms with Crippen LogP contribution in [0.1, 0.15) is 72.6 Å². The Balaban J connectivity index is 2.43. The van der Waals surface area contributed by atoms with Crippen LogP contribution in [0.3, 0.4) is 0 Å². The third-order valence-corrected chi connectivity index (χ3v) is 4.66. The van der Waals surface area contributed by atoms with E-state index in [2.05, 4.69) is 38.3 Å². The molecule has 0 aliphatic heterocycles. The maximum Gasteiger partial charge on any atom is 0.407 e. The first-order valence-corrected chi connectivity index (χ1v) is 9.06. The van der Waals surface area contributed by atoms with E-state index in [1.165, 1.54) is 0 Å². The van der Waals surface area contributed by atoms with Crippen molar-refractivity contribution < 1.29 is 19.4 Å². The molecular formula is C18H34N2O4. The number of unbranched alkanes of at least 4 members (excludes halogenated alkanes) is 3. The molecule has 1 aliphatic carbocycles. The molecule has 24 heavy (non-hydrogen) atoms. The van der Waals surface area contributed by atoms with Crippen LogP contribution in [0, 0.1) is 10.8 Å². The lowest BCUT2D eigenvalue weighted by Crippen LogP contribution is -2.50. The van der Waals surface area contributed by atoms with Gasteiger partial charge in [0.05, 0.1) is 6.61 Å². The third kappa shape index (κ3) is 7.88. The molecule has 0 heterocycles. The van der Waals surface area contributed by atoms with Crippen molar-refractivity contribution in [1.82, 2.24) is 10.6 Å². The molecule has 0 bridgehead atoms.